The molecule has 0 spiro atoms. The molecule has 4 rings (SSSR count). The van der Waals surface area contributed by atoms with Gasteiger partial charge in [-0.1, -0.05) is 18.2 Å². The van der Waals surface area contributed by atoms with Crippen molar-refractivity contribution in [3.8, 4) is 22.9 Å². The minimum atomic E-state index is 0.464. The second kappa shape index (κ2) is 5.88. The van der Waals surface area contributed by atoms with E-state index in [4.69, 9.17) is 14.6 Å². The zero-order valence-electron chi connectivity index (χ0n) is 13.2. The van der Waals surface area contributed by atoms with Gasteiger partial charge in [0.2, 0.25) is 5.16 Å². The molecule has 2 heterocycles. The van der Waals surface area contributed by atoms with Gasteiger partial charge in [0.1, 0.15) is 11.5 Å². The van der Waals surface area contributed by atoms with Gasteiger partial charge in [0.25, 0.3) is 0 Å². The fourth-order valence-corrected chi connectivity index (χ4v) is 4.20. The number of rotatable bonds is 3. The van der Waals surface area contributed by atoms with Crippen LogP contribution in [-0.4, -0.2) is 40.1 Å². The molecule has 1 saturated carbocycles. The Balaban J connectivity index is 1.79. The second-order valence-corrected chi connectivity index (χ2v) is 6.80. The molecule has 120 valence electrons. The minimum Gasteiger partial charge on any atom is -0.497 e. The van der Waals surface area contributed by atoms with Crippen LogP contribution in [0.15, 0.2) is 28.5 Å². The Bertz CT molecular complexity index is 771. The van der Waals surface area contributed by atoms with E-state index in [1.807, 2.05) is 22.9 Å². The largest absolute Gasteiger partial charge is 0.497 e. The van der Waals surface area contributed by atoms with Crippen LogP contribution in [0.3, 0.4) is 0 Å². The number of hydrogen-bond acceptors (Lipinski definition) is 6. The van der Waals surface area contributed by atoms with Crippen molar-refractivity contribution in [1.82, 2.24) is 14.9 Å². The van der Waals surface area contributed by atoms with Crippen molar-refractivity contribution in [3.63, 3.8) is 0 Å². The van der Waals surface area contributed by atoms with Crippen LogP contribution in [0.25, 0.3) is 11.4 Å². The molecule has 1 aliphatic heterocycles. The molecule has 1 aromatic carbocycles. The van der Waals surface area contributed by atoms with E-state index in [-0.39, 0.29) is 0 Å². The van der Waals surface area contributed by atoms with Gasteiger partial charge in [0.15, 0.2) is 5.82 Å². The van der Waals surface area contributed by atoms with Crippen LogP contribution in [0.1, 0.15) is 25.7 Å². The summed E-state index contributed by atoms with van der Waals surface area (Å²) in [7, 11) is 3.28. The van der Waals surface area contributed by atoms with Gasteiger partial charge in [0, 0.05) is 6.07 Å². The number of benzene rings is 1. The van der Waals surface area contributed by atoms with Gasteiger partial charge in [0.05, 0.1) is 30.7 Å². The molecule has 1 fully saturated rings. The summed E-state index contributed by atoms with van der Waals surface area (Å²) in [5, 5.41) is 14.8. The number of methoxy groups -OCH3 is 2. The zero-order valence-corrected chi connectivity index (χ0v) is 14.0. The quantitative estimate of drug-likeness (QED) is 0.865. The normalized spacial score (nSPS) is 19.6. The third-order valence-electron chi connectivity index (χ3n) is 4.26. The minimum absolute atomic E-state index is 0.464. The summed E-state index contributed by atoms with van der Waals surface area (Å²) in [6.45, 7) is 0. The van der Waals surface area contributed by atoms with Gasteiger partial charge in [-0.25, -0.2) is 0 Å². The molecule has 0 N–H and O–H groups in total. The van der Waals surface area contributed by atoms with Crippen LogP contribution >= 0.6 is 11.8 Å². The number of fused-ring (bicyclic) bond motifs is 2. The second-order valence-electron chi connectivity index (χ2n) is 5.63. The average molecular weight is 330 g/mol. The SMILES string of the molecule is COc1ccc(-c2nnc3n2N=C2CCCC[C@@H]2S3)c(OC)c1. The molecule has 1 aromatic heterocycles. The Hall–Kier alpha value is -2.02. The van der Waals surface area contributed by atoms with Crippen molar-refractivity contribution in [2.75, 3.05) is 14.2 Å². The smallest absolute Gasteiger partial charge is 0.213 e. The first-order chi connectivity index (χ1) is 11.3. The first-order valence-electron chi connectivity index (χ1n) is 7.72. The van der Waals surface area contributed by atoms with E-state index in [0.29, 0.717) is 16.8 Å². The molecule has 2 aromatic rings. The maximum atomic E-state index is 5.49. The molecule has 0 amide bonds. The third-order valence-corrected chi connectivity index (χ3v) is 5.52. The van der Waals surface area contributed by atoms with E-state index < -0.39 is 0 Å². The number of thioether (sulfide) groups is 1. The van der Waals surface area contributed by atoms with E-state index in [0.717, 1.165) is 22.9 Å². The van der Waals surface area contributed by atoms with Gasteiger partial charge in [-0.05, 0) is 31.4 Å². The first kappa shape index (κ1) is 14.6. The van der Waals surface area contributed by atoms with Crippen LogP contribution in [0.5, 0.6) is 11.5 Å². The zero-order chi connectivity index (χ0) is 15.8. The van der Waals surface area contributed by atoms with E-state index in [1.54, 1.807) is 26.0 Å². The maximum Gasteiger partial charge on any atom is 0.213 e. The molecule has 2 aliphatic rings. The molecule has 0 bridgehead atoms. The fraction of sp³-hybridized carbons (Fsp3) is 0.438. The van der Waals surface area contributed by atoms with Gasteiger partial charge < -0.3 is 9.47 Å². The summed E-state index contributed by atoms with van der Waals surface area (Å²) < 4.78 is 12.6. The lowest BCUT2D eigenvalue weighted by Crippen LogP contribution is -2.26. The highest BCUT2D eigenvalue weighted by Gasteiger charge is 2.30. The molecule has 6 nitrogen and oxygen atoms in total. The molecular weight excluding hydrogens is 312 g/mol. The van der Waals surface area contributed by atoms with E-state index in [1.165, 1.54) is 25.0 Å². The van der Waals surface area contributed by atoms with Crippen LogP contribution in [0, 0.1) is 0 Å². The first-order valence-corrected chi connectivity index (χ1v) is 8.60. The lowest BCUT2D eigenvalue weighted by Gasteiger charge is -2.26. The van der Waals surface area contributed by atoms with Gasteiger partial charge in [-0.3, -0.25) is 0 Å². The summed E-state index contributed by atoms with van der Waals surface area (Å²) in [6.07, 6.45) is 4.73. The van der Waals surface area contributed by atoms with Gasteiger partial charge in [-0.2, -0.15) is 9.78 Å². The van der Waals surface area contributed by atoms with E-state index in [2.05, 4.69) is 10.2 Å². The number of ether oxygens (including phenoxy) is 2. The molecule has 23 heavy (non-hydrogen) atoms. The number of nitrogens with zero attached hydrogens (tertiary/aromatic N) is 4. The highest BCUT2D eigenvalue weighted by molar-refractivity contribution is 8.00. The predicted octanol–water partition coefficient (Wildman–Crippen LogP) is 3.21. The summed E-state index contributed by atoms with van der Waals surface area (Å²) in [5.41, 5.74) is 2.12. The summed E-state index contributed by atoms with van der Waals surface area (Å²) >= 11 is 1.77. The Morgan fingerprint density at radius 3 is 2.91 bits per heavy atom. The van der Waals surface area contributed by atoms with Gasteiger partial charge in [-0.15, -0.1) is 10.2 Å². The van der Waals surface area contributed by atoms with Crippen molar-refractivity contribution >= 4 is 17.5 Å². The van der Waals surface area contributed by atoms with Crippen molar-refractivity contribution in [1.29, 1.82) is 0 Å². The Labute approximate surface area is 138 Å². The fourth-order valence-electron chi connectivity index (χ4n) is 3.04. The molecule has 0 saturated heterocycles. The number of aromatic nitrogens is 3. The topological polar surface area (TPSA) is 61.5 Å². The van der Waals surface area contributed by atoms with Crippen molar-refractivity contribution in [2.45, 2.75) is 36.1 Å². The lowest BCUT2D eigenvalue weighted by atomic mass is 9.98. The summed E-state index contributed by atoms with van der Waals surface area (Å²) in [5.74, 6) is 2.16. The van der Waals surface area contributed by atoms with Crippen LogP contribution in [0.2, 0.25) is 0 Å². The highest BCUT2D eigenvalue weighted by Crippen LogP contribution is 2.39. The van der Waals surface area contributed by atoms with E-state index in [9.17, 15) is 0 Å². The van der Waals surface area contributed by atoms with Crippen LogP contribution < -0.4 is 9.47 Å². The standard InChI is InChI=1S/C16H18N4O2S/c1-21-10-7-8-11(13(9-10)22-2)15-17-18-16-20(15)19-12-5-3-4-6-14(12)23-16/h7-9,14H,3-6H2,1-2H3/t14-/m0/s1. The van der Waals surface area contributed by atoms with Crippen LogP contribution in [0.4, 0.5) is 0 Å². The van der Waals surface area contributed by atoms with Crippen molar-refractivity contribution in [3.05, 3.63) is 18.2 Å². The number of hydrogen-bond donors (Lipinski definition) is 0. The van der Waals surface area contributed by atoms with Gasteiger partial charge >= 0.3 is 0 Å². The molecule has 0 unspecified atom stereocenters. The molecule has 7 heteroatoms. The average Bonchev–Trinajstić information content (AvgIpc) is 3.01. The molecule has 1 atom stereocenters. The molecular formula is C16H18N4O2S. The Morgan fingerprint density at radius 2 is 2.09 bits per heavy atom. The summed E-state index contributed by atoms with van der Waals surface area (Å²) in [6, 6.07) is 5.68. The van der Waals surface area contributed by atoms with E-state index >= 15 is 0 Å². The van der Waals surface area contributed by atoms with Crippen LogP contribution in [-0.2, 0) is 0 Å². The lowest BCUT2D eigenvalue weighted by molar-refractivity contribution is 0.395. The third kappa shape index (κ3) is 2.49. The highest BCUT2D eigenvalue weighted by atomic mass is 32.2. The van der Waals surface area contributed by atoms with Crippen molar-refractivity contribution < 1.29 is 9.47 Å². The monoisotopic (exact) mass is 330 g/mol. The Kier molecular flexibility index (Phi) is 3.72. The predicted molar refractivity (Wildman–Crippen MR) is 89.5 cm³/mol. The molecule has 1 aliphatic carbocycles. The Morgan fingerprint density at radius 1 is 1.17 bits per heavy atom. The maximum absolute atomic E-state index is 5.49. The van der Waals surface area contributed by atoms with Crippen molar-refractivity contribution in [2.24, 2.45) is 5.10 Å². The summed E-state index contributed by atoms with van der Waals surface area (Å²) in [4.78, 5) is 0. The molecule has 0 radical (unpaired) electrons.